The van der Waals surface area contributed by atoms with Crippen LogP contribution in [0.4, 0.5) is 0 Å². The molecule has 1 N–H and O–H groups in total. The summed E-state index contributed by atoms with van der Waals surface area (Å²) in [5.74, 6) is 0.878. The van der Waals surface area contributed by atoms with Gasteiger partial charge in [-0.2, -0.15) is 5.10 Å². The third kappa shape index (κ3) is 2.31. The number of hydrogen-bond donors (Lipinski definition) is 1. The lowest BCUT2D eigenvalue weighted by molar-refractivity contribution is 0.289. The molecule has 5 heteroatoms. The molecular weight excluding hydrogens is 242 g/mol. The summed E-state index contributed by atoms with van der Waals surface area (Å²) in [6.07, 6.45) is 5.30. The van der Waals surface area contributed by atoms with Crippen molar-refractivity contribution in [3.63, 3.8) is 0 Å². The van der Waals surface area contributed by atoms with Crippen molar-refractivity contribution in [2.24, 2.45) is 5.16 Å². The maximum absolute atomic E-state index is 8.94. The highest BCUT2D eigenvalue weighted by molar-refractivity contribution is 6.04. The first-order valence-corrected chi connectivity index (χ1v) is 6.32. The molecule has 98 valence electrons. The molecule has 0 spiro atoms. The van der Waals surface area contributed by atoms with Gasteiger partial charge < -0.3 is 9.94 Å². The molecule has 0 radical (unpaired) electrons. The third-order valence-electron chi connectivity index (χ3n) is 3.31. The van der Waals surface area contributed by atoms with Crippen LogP contribution in [0.1, 0.15) is 17.5 Å². The van der Waals surface area contributed by atoms with Gasteiger partial charge in [-0.1, -0.05) is 17.3 Å². The first-order valence-electron chi connectivity index (χ1n) is 6.32. The van der Waals surface area contributed by atoms with Crippen molar-refractivity contribution in [1.29, 1.82) is 0 Å². The second-order valence-electron chi connectivity index (χ2n) is 4.45. The van der Waals surface area contributed by atoms with Gasteiger partial charge in [-0.15, -0.1) is 0 Å². The molecule has 2 aromatic rings. The van der Waals surface area contributed by atoms with Gasteiger partial charge in [0, 0.05) is 23.5 Å². The van der Waals surface area contributed by atoms with Crippen molar-refractivity contribution in [2.45, 2.75) is 19.4 Å². The van der Waals surface area contributed by atoms with Crippen molar-refractivity contribution in [3.8, 4) is 5.75 Å². The Morgan fingerprint density at radius 3 is 3.05 bits per heavy atom. The molecule has 1 aliphatic carbocycles. The smallest absolute Gasteiger partial charge is 0.123 e. The number of ether oxygens (including phenoxy) is 1. The molecule has 3 rings (SSSR count). The van der Waals surface area contributed by atoms with Gasteiger partial charge in [0.2, 0.25) is 0 Å². The van der Waals surface area contributed by atoms with Crippen LogP contribution in [-0.4, -0.2) is 27.3 Å². The van der Waals surface area contributed by atoms with Gasteiger partial charge in [0.1, 0.15) is 12.4 Å². The predicted molar refractivity (Wildman–Crippen MR) is 70.8 cm³/mol. The Bertz CT molecular complexity index is 591. The maximum atomic E-state index is 8.94. The number of rotatable bonds is 4. The van der Waals surface area contributed by atoms with E-state index in [0.29, 0.717) is 6.61 Å². The fourth-order valence-electron chi connectivity index (χ4n) is 2.39. The molecule has 0 aliphatic heterocycles. The molecule has 0 amide bonds. The topological polar surface area (TPSA) is 59.6 Å². The van der Waals surface area contributed by atoms with E-state index < -0.39 is 0 Å². The van der Waals surface area contributed by atoms with E-state index in [1.807, 2.05) is 35.1 Å². The van der Waals surface area contributed by atoms with Gasteiger partial charge >= 0.3 is 0 Å². The zero-order valence-corrected chi connectivity index (χ0v) is 10.5. The lowest BCUT2D eigenvalue weighted by Gasteiger charge is -2.10. The number of fused-ring (bicyclic) bond motifs is 1. The summed E-state index contributed by atoms with van der Waals surface area (Å²) < 4.78 is 7.65. The van der Waals surface area contributed by atoms with E-state index in [9.17, 15) is 0 Å². The molecule has 0 fully saturated rings. The number of nitrogens with zero attached hydrogens (tertiary/aromatic N) is 3. The number of aromatic nitrogens is 2. The molecule has 0 bridgehead atoms. The largest absolute Gasteiger partial charge is 0.491 e. The van der Waals surface area contributed by atoms with Crippen molar-refractivity contribution in [1.82, 2.24) is 9.78 Å². The van der Waals surface area contributed by atoms with Gasteiger partial charge in [-0.05, 0) is 25.0 Å². The van der Waals surface area contributed by atoms with E-state index in [1.165, 1.54) is 0 Å². The molecular formula is C14H15N3O2. The number of hydrogen-bond acceptors (Lipinski definition) is 4. The van der Waals surface area contributed by atoms with E-state index in [4.69, 9.17) is 9.94 Å². The van der Waals surface area contributed by atoms with Crippen LogP contribution in [-0.2, 0) is 13.0 Å². The summed E-state index contributed by atoms with van der Waals surface area (Å²) in [6, 6.07) is 7.75. The van der Waals surface area contributed by atoms with Gasteiger partial charge in [0.25, 0.3) is 0 Å². The fraction of sp³-hybridized carbons (Fsp3) is 0.286. The molecule has 1 aliphatic rings. The first kappa shape index (κ1) is 11.8. The summed E-state index contributed by atoms with van der Waals surface area (Å²) >= 11 is 0. The number of benzene rings is 1. The van der Waals surface area contributed by atoms with Crippen LogP contribution in [0.5, 0.6) is 5.75 Å². The Morgan fingerprint density at radius 2 is 2.26 bits per heavy atom. The molecule has 0 unspecified atom stereocenters. The van der Waals surface area contributed by atoms with E-state index in [0.717, 1.165) is 42.0 Å². The van der Waals surface area contributed by atoms with E-state index >= 15 is 0 Å². The third-order valence-corrected chi connectivity index (χ3v) is 3.31. The second kappa shape index (κ2) is 5.14. The minimum absolute atomic E-state index is 0.573. The van der Waals surface area contributed by atoms with Crippen molar-refractivity contribution in [2.75, 3.05) is 6.61 Å². The Hall–Kier alpha value is -2.30. The SMILES string of the molecule is ON=C1CCc2c(OCCn3cccn3)cccc21. The van der Waals surface area contributed by atoms with Crippen LogP contribution in [0, 0.1) is 0 Å². The van der Waals surface area contributed by atoms with Crippen LogP contribution >= 0.6 is 0 Å². The van der Waals surface area contributed by atoms with Gasteiger partial charge in [0.15, 0.2) is 0 Å². The Balaban J connectivity index is 1.71. The molecule has 19 heavy (non-hydrogen) atoms. The van der Waals surface area contributed by atoms with Crippen molar-refractivity contribution >= 4 is 5.71 Å². The summed E-state index contributed by atoms with van der Waals surface area (Å²) in [7, 11) is 0. The summed E-state index contributed by atoms with van der Waals surface area (Å²) in [5, 5.41) is 16.4. The highest BCUT2D eigenvalue weighted by Gasteiger charge is 2.21. The molecule has 5 nitrogen and oxygen atoms in total. The van der Waals surface area contributed by atoms with Crippen LogP contribution in [0.15, 0.2) is 41.8 Å². The molecule has 1 aromatic heterocycles. The molecule has 1 heterocycles. The van der Waals surface area contributed by atoms with Gasteiger partial charge in [0.05, 0.1) is 12.3 Å². The second-order valence-corrected chi connectivity index (χ2v) is 4.45. The Labute approximate surface area is 111 Å². The maximum Gasteiger partial charge on any atom is 0.123 e. The van der Waals surface area contributed by atoms with Crippen LogP contribution < -0.4 is 4.74 Å². The standard InChI is InChI=1S/C14H15N3O2/c18-16-13-6-5-12-11(13)3-1-4-14(12)19-10-9-17-8-2-7-15-17/h1-4,7-8,18H,5-6,9-10H2. The van der Waals surface area contributed by atoms with Crippen molar-refractivity contribution < 1.29 is 9.94 Å². The summed E-state index contributed by atoms with van der Waals surface area (Å²) in [4.78, 5) is 0. The van der Waals surface area contributed by atoms with E-state index in [2.05, 4.69) is 10.3 Å². The minimum atomic E-state index is 0.573. The Kier molecular flexibility index (Phi) is 3.18. The quantitative estimate of drug-likeness (QED) is 0.674. The molecule has 0 saturated carbocycles. The highest BCUT2D eigenvalue weighted by atomic mass is 16.5. The van der Waals surface area contributed by atoms with Crippen LogP contribution in [0.25, 0.3) is 0 Å². The zero-order valence-electron chi connectivity index (χ0n) is 10.5. The summed E-state index contributed by atoms with van der Waals surface area (Å²) in [5.41, 5.74) is 2.88. The lowest BCUT2D eigenvalue weighted by atomic mass is 10.1. The van der Waals surface area contributed by atoms with E-state index in [-0.39, 0.29) is 0 Å². The van der Waals surface area contributed by atoms with Gasteiger partial charge in [-0.3, -0.25) is 4.68 Å². The predicted octanol–water partition coefficient (Wildman–Crippen LogP) is 2.09. The average molecular weight is 257 g/mol. The number of oxime groups is 1. The molecule has 0 atom stereocenters. The van der Waals surface area contributed by atoms with Crippen LogP contribution in [0.2, 0.25) is 0 Å². The zero-order chi connectivity index (χ0) is 13.1. The minimum Gasteiger partial charge on any atom is -0.491 e. The molecule has 0 saturated heterocycles. The molecule has 1 aromatic carbocycles. The highest BCUT2D eigenvalue weighted by Crippen LogP contribution is 2.30. The van der Waals surface area contributed by atoms with Crippen LogP contribution in [0.3, 0.4) is 0 Å². The van der Waals surface area contributed by atoms with E-state index in [1.54, 1.807) is 6.20 Å². The monoisotopic (exact) mass is 257 g/mol. The summed E-state index contributed by atoms with van der Waals surface area (Å²) in [6.45, 7) is 1.29. The Morgan fingerprint density at radius 1 is 1.32 bits per heavy atom. The van der Waals surface area contributed by atoms with Gasteiger partial charge in [-0.25, -0.2) is 0 Å². The first-order chi connectivity index (χ1) is 9.38. The fourth-order valence-corrected chi connectivity index (χ4v) is 2.39. The van der Waals surface area contributed by atoms with Crippen molar-refractivity contribution in [3.05, 3.63) is 47.8 Å². The average Bonchev–Trinajstić information content (AvgIpc) is 3.07. The normalized spacial score (nSPS) is 15.7. The lowest BCUT2D eigenvalue weighted by Crippen LogP contribution is -2.09.